The molecule has 1 unspecified atom stereocenters. The van der Waals surface area contributed by atoms with Crippen molar-refractivity contribution in [2.24, 2.45) is 0 Å². The van der Waals surface area contributed by atoms with E-state index in [1.807, 2.05) is 78.4 Å². The third-order valence-corrected chi connectivity index (χ3v) is 5.69. The van der Waals surface area contributed by atoms with Gasteiger partial charge in [-0.05, 0) is 73.9 Å². The van der Waals surface area contributed by atoms with Crippen molar-refractivity contribution in [2.45, 2.75) is 19.4 Å². The van der Waals surface area contributed by atoms with Gasteiger partial charge in [0.1, 0.15) is 17.2 Å². The number of ether oxygens (including phenoxy) is 2. The molecule has 0 fully saturated rings. The molecule has 2 heterocycles. The van der Waals surface area contributed by atoms with Crippen LogP contribution in [0.1, 0.15) is 23.9 Å². The van der Waals surface area contributed by atoms with E-state index in [0.717, 1.165) is 23.6 Å². The van der Waals surface area contributed by atoms with Crippen LogP contribution < -0.4 is 14.8 Å². The number of pyridine rings is 1. The standard InChI is InChI=1S/C25H26N4O3S/c1-18-6-8-20(9-7-18)32-21-12-10-19(11-13-21)31-17-24(30)26-22(14-16-33-2)25-28-27-23-5-3-4-15-29(23)25/h3-13,15,22H,14,16-17H2,1-2H3,(H,26,30). The molecule has 0 spiro atoms. The summed E-state index contributed by atoms with van der Waals surface area (Å²) in [6.07, 6.45) is 4.68. The fourth-order valence-corrected chi connectivity index (χ4v) is 3.80. The summed E-state index contributed by atoms with van der Waals surface area (Å²) in [7, 11) is 0. The highest BCUT2D eigenvalue weighted by Crippen LogP contribution is 2.24. The van der Waals surface area contributed by atoms with Gasteiger partial charge in [-0.1, -0.05) is 23.8 Å². The first kappa shape index (κ1) is 22.7. The molecule has 0 aliphatic rings. The van der Waals surface area contributed by atoms with Gasteiger partial charge in [-0.3, -0.25) is 9.20 Å². The van der Waals surface area contributed by atoms with Crippen molar-refractivity contribution < 1.29 is 14.3 Å². The Labute approximate surface area is 197 Å². The van der Waals surface area contributed by atoms with Gasteiger partial charge in [0, 0.05) is 6.20 Å². The van der Waals surface area contributed by atoms with Crippen molar-refractivity contribution in [3.8, 4) is 17.2 Å². The monoisotopic (exact) mass is 462 g/mol. The van der Waals surface area contributed by atoms with E-state index in [4.69, 9.17) is 9.47 Å². The largest absolute Gasteiger partial charge is 0.484 e. The highest BCUT2D eigenvalue weighted by atomic mass is 32.2. The summed E-state index contributed by atoms with van der Waals surface area (Å²) >= 11 is 1.72. The minimum Gasteiger partial charge on any atom is -0.484 e. The number of nitrogens with zero attached hydrogens (tertiary/aromatic N) is 3. The van der Waals surface area contributed by atoms with E-state index in [9.17, 15) is 4.79 Å². The lowest BCUT2D eigenvalue weighted by Crippen LogP contribution is -2.34. The van der Waals surface area contributed by atoms with Crippen LogP contribution in [0.4, 0.5) is 0 Å². The zero-order chi connectivity index (χ0) is 23.0. The summed E-state index contributed by atoms with van der Waals surface area (Å²) in [6.45, 7) is 1.94. The third-order valence-electron chi connectivity index (χ3n) is 5.05. The predicted octanol–water partition coefficient (Wildman–Crippen LogP) is 4.82. The lowest BCUT2D eigenvalue weighted by atomic mass is 10.2. The van der Waals surface area contributed by atoms with Crippen LogP contribution in [-0.4, -0.2) is 39.1 Å². The molecule has 1 atom stereocenters. The van der Waals surface area contributed by atoms with Gasteiger partial charge in [-0.25, -0.2) is 0 Å². The third kappa shape index (κ3) is 6.04. The lowest BCUT2D eigenvalue weighted by Gasteiger charge is -2.17. The maximum atomic E-state index is 12.6. The van der Waals surface area contributed by atoms with Crippen LogP contribution >= 0.6 is 11.8 Å². The molecule has 0 saturated carbocycles. The molecule has 170 valence electrons. The van der Waals surface area contributed by atoms with Crippen molar-refractivity contribution in [2.75, 3.05) is 18.6 Å². The maximum absolute atomic E-state index is 12.6. The molecule has 4 rings (SSSR count). The van der Waals surface area contributed by atoms with Gasteiger partial charge in [0.05, 0.1) is 6.04 Å². The Bertz CT molecular complexity index is 1190. The topological polar surface area (TPSA) is 77.8 Å². The average Bonchev–Trinajstić information content (AvgIpc) is 3.27. The molecule has 4 aromatic rings. The van der Waals surface area contributed by atoms with E-state index < -0.39 is 0 Å². The van der Waals surface area contributed by atoms with Crippen molar-refractivity contribution >= 4 is 23.3 Å². The quantitative estimate of drug-likeness (QED) is 0.364. The summed E-state index contributed by atoms with van der Waals surface area (Å²) in [4.78, 5) is 12.6. The van der Waals surface area contributed by atoms with Gasteiger partial charge in [-0.2, -0.15) is 11.8 Å². The highest BCUT2D eigenvalue weighted by molar-refractivity contribution is 7.98. The average molecular weight is 463 g/mol. The van der Waals surface area contributed by atoms with Crippen LogP contribution in [-0.2, 0) is 4.79 Å². The molecule has 0 aliphatic carbocycles. The SMILES string of the molecule is CSCCC(NC(=O)COc1ccc(Oc2ccc(C)cc2)cc1)c1nnc2ccccn12. The number of fused-ring (bicyclic) bond motifs is 1. The van der Waals surface area contributed by atoms with Crippen LogP contribution in [0, 0.1) is 6.92 Å². The summed E-state index contributed by atoms with van der Waals surface area (Å²) < 4.78 is 13.4. The van der Waals surface area contributed by atoms with E-state index in [0.29, 0.717) is 17.3 Å². The Balaban J connectivity index is 1.34. The van der Waals surface area contributed by atoms with Crippen molar-refractivity contribution in [3.05, 3.63) is 84.3 Å². The Hall–Kier alpha value is -3.52. The van der Waals surface area contributed by atoms with Gasteiger partial charge in [0.2, 0.25) is 0 Å². The number of thioether (sulfide) groups is 1. The molecule has 2 aromatic heterocycles. The summed E-state index contributed by atoms with van der Waals surface area (Å²) in [6, 6.07) is 20.5. The van der Waals surface area contributed by atoms with Gasteiger partial charge in [-0.15, -0.1) is 10.2 Å². The molecule has 7 nitrogen and oxygen atoms in total. The molecule has 1 N–H and O–H groups in total. The second kappa shape index (κ2) is 10.9. The van der Waals surface area contributed by atoms with Crippen molar-refractivity contribution in [1.29, 1.82) is 0 Å². The zero-order valence-corrected chi connectivity index (χ0v) is 19.4. The normalized spacial score (nSPS) is 11.8. The van der Waals surface area contributed by atoms with Crippen molar-refractivity contribution in [1.82, 2.24) is 19.9 Å². The predicted molar refractivity (Wildman–Crippen MR) is 130 cm³/mol. The fraction of sp³-hybridized carbons (Fsp3) is 0.240. The first-order valence-corrected chi connectivity index (χ1v) is 12.1. The minimum absolute atomic E-state index is 0.0926. The van der Waals surface area contributed by atoms with Crippen LogP contribution in [0.2, 0.25) is 0 Å². The number of nitrogens with one attached hydrogen (secondary N) is 1. The zero-order valence-electron chi connectivity index (χ0n) is 18.6. The Morgan fingerprint density at radius 3 is 2.42 bits per heavy atom. The molecule has 2 aromatic carbocycles. The van der Waals surface area contributed by atoms with E-state index in [1.165, 1.54) is 5.56 Å². The number of carbonyl (C=O) groups excluding carboxylic acids is 1. The van der Waals surface area contributed by atoms with E-state index in [2.05, 4.69) is 15.5 Å². The first-order valence-electron chi connectivity index (χ1n) is 10.7. The van der Waals surface area contributed by atoms with Crippen LogP contribution in [0.5, 0.6) is 17.2 Å². The molecule has 0 aliphatic heterocycles. The smallest absolute Gasteiger partial charge is 0.258 e. The Kier molecular flexibility index (Phi) is 7.47. The first-order chi connectivity index (χ1) is 16.1. The molecular formula is C25H26N4O3S. The molecule has 8 heteroatoms. The number of carbonyl (C=O) groups is 1. The van der Waals surface area contributed by atoms with Gasteiger partial charge in [0.25, 0.3) is 5.91 Å². The van der Waals surface area contributed by atoms with E-state index in [1.54, 1.807) is 23.9 Å². The van der Waals surface area contributed by atoms with Gasteiger partial charge in [0.15, 0.2) is 18.1 Å². The number of amides is 1. The number of rotatable bonds is 10. The Morgan fingerprint density at radius 2 is 1.70 bits per heavy atom. The minimum atomic E-state index is -0.253. The van der Waals surface area contributed by atoms with E-state index >= 15 is 0 Å². The second-order valence-corrected chi connectivity index (χ2v) is 8.55. The van der Waals surface area contributed by atoms with Crippen LogP contribution in [0.15, 0.2) is 72.9 Å². The van der Waals surface area contributed by atoms with Gasteiger partial charge < -0.3 is 14.8 Å². The fourth-order valence-electron chi connectivity index (χ4n) is 3.33. The number of aromatic nitrogens is 3. The molecule has 33 heavy (non-hydrogen) atoms. The van der Waals surface area contributed by atoms with Crippen molar-refractivity contribution in [3.63, 3.8) is 0 Å². The second-order valence-electron chi connectivity index (χ2n) is 7.56. The van der Waals surface area contributed by atoms with Gasteiger partial charge >= 0.3 is 0 Å². The molecular weight excluding hydrogens is 436 g/mol. The van der Waals surface area contributed by atoms with Crippen LogP contribution in [0.25, 0.3) is 5.65 Å². The maximum Gasteiger partial charge on any atom is 0.258 e. The molecule has 0 saturated heterocycles. The van der Waals surface area contributed by atoms with Crippen LogP contribution in [0.3, 0.4) is 0 Å². The van der Waals surface area contributed by atoms with E-state index in [-0.39, 0.29) is 18.6 Å². The number of benzene rings is 2. The highest BCUT2D eigenvalue weighted by Gasteiger charge is 2.20. The summed E-state index contributed by atoms with van der Waals surface area (Å²) in [5.41, 5.74) is 1.93. The molecule has 1 amide bonds. The summed E-state index contributed by atoms with van der Waals surface area (Å²) in [5.74, 6) is 3.45. The number of aryl methyl sites for hydroxylation is 1. The number of hydrogen-bond acceptors (Lipinski definition) is 6. The number of hydrogen-bond donors (Lipinski definition) is 1. The molecule has 0 radical (unpaired) electrons. The Morgan fingerprint density at radius 1 is 1.00 bits per heavy atom. The molecule has 0 bridgehead atoms. The lowest BCUT2D eigenvalue weighted by molar-refractivity contribution is -0.123. The summed E-state index contributed by atoms with van der Waals surface area (Å²) in [5, 5.41) is 11.5.